The van der Waals surface area contributed by atoms with Crippen LogP contribution in [0, 0.1) is 35.0 Å². The molecule has 3 fully saturated rings. The highest BCUT2D eigenvalue weighted by molar-refractivity contribution is 5.89. The minimum absolute atomic E-state index is 0.0129. The van der Waals surface area contributed by atoms with Gasteiger partial charge in [-0.15, -0.1) is 0 Å². The van der Waals surface area contributed by atoms with Crippen LogP contribution in [0.15, 0.2) is 0 Å². The Balaban J connectivity index is 2.04. The highest BCUT2D eigenvalue weighted by Crippen LogP contribution is 2.59. The second-order valence-electron chi connectivity index (χ2n) is 9.11. The number of carbonyl (C=O) groups is 3. The van der Waals surface area contributed by atoms with Gasteiger partial charge in [0.25, 0.3) is 0 Å². The van der Waals surface area contributed by atoms with E-state index >= 15 is 0 Å². The number of Topliss-reactive ketones (excluding diaryl/α,β-unsaturated/α-hetero) is 2. The van der Waals surface area contributed by atoms with E-state index in [1.54, 1.807) is 6.92 Å². The number of rotatable bonds is 4. The van der Waals surface area contributed by atoms with Gasteiger partial charge in [-0.25, -0.2) is 0 Å². The SMILES string of the molecule is CC(=O)C[C@H]1C(=O)[C@@H]2COC(C)(C)C3CC[C@@](C)(CC32)[C@@H]1CC=O. The summed E-state index contributed by atoms with van der Waals surface area (Å²) in [4.78, 5) is 36.5. The summed E-state index contributed by atoms with van der Waals surface area (Å²) in [5.41, 5.74) is -0.219. The quantitative estimate of drug-likeness (QED) is 0.741. The third kappa shape index (κ3) is 2.77. The topological polar surface area (TPSA) is 60.4 Å². The van der Waals surface area contributed by atoms with Gasteiger partial charge in [0.1, 0.15) is 17.9 Å². The van der Waals surface area contributed by atoms with Gasteiger partial charge in [0.05, 0.1) is 12.2 Å². The lowest BCUT2D eigenvalue weighted by atomic mass is 9.56. The van der Waals surface area contributed by atoms with Crippen LogP contribution in [0.3, 0.4) is 0 Å². The van der Waals surface area contributed by atoms with Gasteiger partial charge in [0, 0.05) is 24.7 Å². The zero-order chi connectivity index (χ0) is 17.7. The van der Waals surface area contributed by atoms with Crippen molar-refractivity contribution in [1.82, 2.24) is 0 Å². The molecule has 0 radical (unpaired) electrons. The van der Waals surface area contributed by atoms with E-state index in [1.165, 1.54) is 0 Å². The Kier molecular flexibility index (Phi) is 4.48. The average molecular weight is 334 g/mol. The standard InChI is InChI=1S/C20H30O4/c1-12(22)9-13-17(6-8-21)20(4)7-5-16-14(10-20)15(18(13)23)11-24-19(16,2)3/h8,13-17H,5-7,9-11H2,1-4H3/t13-,14?,15-,16?,17-,20+/m1/s1. The first-order valence-electron chi connectivity index (χ1n) is 9.30. The summed E-state index contributed by atoms with van der Waals surface area (Å²) >= 11 is 0. The molecule has 0 aromatic carbocycles. The molecular formula is C20H30O4. The van der Waals surface area contributed by atoms with Gasteiger partial charge >= 0.3 is 0 Å². The Hall–Kier alpha value is -1.03. The third-order valence-electron chi connectivity index (χ3n) is 7.26. The molecule has 1 saturated heterocycles. The Labute approximate surface area is 144 Å². The largest absolute Gasteiger partial charge is 0.375 e. The van der Waals surface area contributed by atoms with Gasteiger partial charge in [-0.2, -0.15) is 0 Å². The third-order valence-corrected chi connectivity index (χ3v) is 7.26. The predicted molar refractivity (Wildman–Crippen MR) is 90.4 cm³/mol. The van der Waals surface area contributed by atoms with Crippen molar-refractivity contribution in [2.75, 3.05) is 6.61 Å². The fraction of sp³-hybridized carbons (Fsp3) is 0.850. The van der Waals surface area contributed by atoms with Crippen molar-refractivity contribution >= 4 is 17.9 Å². The molecule has 1 aliphatic heterocycles. The summed E-state index contributed by atoms with van der Waals surface area (Å²) in [5.74, 6) is 0.486. The predicted octanol–water partition coefficient (Wildman–Crippen LogP) is 3.22. The molecule has 0 spiro atoms. The number of aldehydes is 1. The fourth-order valence-electron chi connectivity index (χ4n) is 6.00. The molecule has 6 atom stereocenters. The van der Waals surface area contributed by atoms with Gasteiger partial charge < -0.3 is 14.3 Å². The minimum Gasteiger partial charge on any atom is -0.375 e. The van der Waals surface area contributed by atoms with Crippen molar-refractivity contribution < 1.29 is 19.1 Å². The van der Waals surface area contributed by atoms with Gasteiger partial charge in [-0.1, -0.05) is 6.92 Å². The molecule has 2 bridgehead atoms. The lowest BCUT2D eigenvalue weighted by molar-refractivity contribution is -0.174. The van der Waals surface area contributed by atoms with Crippen LogP contribution in [0.1, 0.15) is 59.8 Å². The van der Waals surface area contributed by atoms with Gasteiger partial charge in [0.2, 0.25) is 0 Å². The molecule has 4 nitrogen and oxygen atoms in total. The van der Waals surface area contributed by atoms with Crippen LogP contribution in [0.25, 0.3) is 0 Å². The molecule has 3 rings (SSSR count). The van der Waals surface area contributed by atoms with E-state index in [4.69, 9.17) is 4.74 Å². The molecule has 0 amide bonds. The monoisotopic (exact) mass is 334 g/mol. The Bertz CT molecular complexity index is 552. The van der Waals surface area contributed by atoms with Crippen molar-refractivity contribution in [2.45, 2.75) is 65.4 Å². The van der Waals surface area contributed by atoms with Crippen molar-refractivity contribution in [3.8, 4) is 0 Å². The van der Waals surface area contributed by atoms with E-state index in [-0.39, 0.29) is 46.8 Å². The number of hydrogen-bond acceptors (Lipinski definition) is 4. The maximum absolute atomic E-state index is 13.3. The van der Waals surface area contributed by atoms with E-state index in [9.17, 15) is 14.4 Å². The van der Waals surface area contributed by atoms with E-state index in [0.29, 0.717) is 24.9 Å². The molecule has 1 heterocycles. The second-order valence-corrected chi connectivity index (χ2v) is 9.11. The van der Waals surface area contributed by atoms with Crippen LogP contribution in [-0.4, -0.2) is 30.1 Å². The van der Waals surface area contributed by atoms with Crippen LogP contribution in [0.4, 0.5) is 0 Å². The van der Waals surface area contributed by atoms with Crippen LogP contribution in [0.5, 0.6) is 0 Å². The van der Waals surface area contributed by atoms with Crippen molar-refractivity contribution in [3.63, 3.8) is 0 Å². The first-order valence-corrected chi connectivity index (χ1v) is 9.30. The average Bonchev–Trinajstić information content (AvgIpc) is 2.54. The molecular weight excluding hydrogens is 304 g/mol. The highest BCUT2D eigenvalue weighted by atomic mass is 16.5. The zero-order valence-corrected chi connectivity index (χ0v) is 15.3. The van der Waals surface area contributed by atoms with E-state index < -0.39 is 0 Å². The van der Waals surface area contributed by atoms with Crippen molar-refractivity contribution in [1.29, 1.82) is 0 Å². The summed E-state index contributed by atoms with van der Waals surface area (Å²) in [6, 6.07) is 0. The Morgan fingerprint density at radius 1 is 1.33 bits per heavy atom. The summed E-state index contributed by atoms with van der Waals surface area (Å²) in [6.45, 7) is 8.53. The van der Waals surface area contributed by atoms with Crippen LogP contribution < -0.4 is 0 Å². The van der Waals surface area contributed by atoms with E-state index in [1.807, 2.05) is 0 Å². The normalized spacial score (nSPS) is 43.8. The molecule has 0 aromatic heterocycles. The molecule has 3 aliphatic rings. The number of fused-ring (bicyclic) bond motifs is 1. The first-order chi connectivity index (χ1) is 11.2. The number of carbonyl (C=O) groups excluding carboxylic acids is 3. The van der Waals surface area contributed by atoms with Gasteiger partial charge in [-0.05, 0) is 63.2 Å². The maximum atomic E-state index is 13.3. The van der Waals surface area contributed by atoms with Crippen LogP contribution in [0.2, 0.25) is 0 Å². The molecule has 2 unspecified atom stereocenters. The summed E-state index contributed by atoms with van der Waals surface area (Å²) < 4.78 is 6.10. The smallest absolute Gasteiger partial charge is 0.142 e. The summed E-state index contributed by atoms with van der Waals surface area (Å²) in [7, 11) is 0. The highest BCUT2D eigenvalue weighted by Gasteiger charge is 2.58. The summed E-state index contributed by atoms with van der Waals surface area (Å²) in [6.07, 6.45) is 4.62. The lowest BCUT2D eigenvalue weighted by Gasteiger charge is -2.53. The van der Waals surface area contributed by atoms with Crippen LogP contribution >= 0.6 is 0 Å². The van der Waals surface area contributed by atoms with E-state index in [2.05, 4.69) is 20.8 Å². The van der Waals surface area contributed by atoms with Crippen molar-refractivity contribution in [3.05, 3.63) is 0 Å². The maximum Gasteiger partial charge on any atom is 0.142 e. The number of hydrogen-bond donors (Lipinski definition) is 0. The Morgan fingerprint density at radius 3 is 2.67 bits per heavy atom. The fourth-order valence-corrected chi connectivity index (χ4v) is 6.00. The first kappa shape index (κ1) is 17.8. The molecule has 0 N–H and O–H groups in total. The summed E-state index contributed by atoms with van der Waals surface area (Å²) in [5, 5.41) is 0. The molecule has 134 valence electrons. The molecule has 0 aromatic rings. The molecule has 2 saturated carbocycles. The van der Waals surface area contributed by atoms with Gasteiger partial charge in [-0.3, -0.25) is 4.79 Å². The lowest BCUT2D eigenvalue weighted by Crippen LogP contribution is -2.53. The van der Waals surface area contributed by atoms with E-state index in [0.717, 1.165) is 25.5 Å². The second kappa shape index (κ2) is 6.05. The number of ether oxygens (including phenoxy) is 1. The molecule has 4 heteroatoms. The minimum atomic E-state index is -0.323. The van der Waals surface area contributed by atoms with Gasteiger partial charge in [0.15, 0.2) is 0 Å². The zero-order valence-electron chi connectivity index (χ0n) is 15.3. The molecule has 24 heavy (non-hydrogen) atoms. The van der Waals surface area contributed by atoms with Crippen LogP contribution in [-0.2, 0) is 19.1 Å². The van der Waals surface area contributed by atoms with Crippen molar-refractivity contribution in [2.24, 2.45) is 35.0 Å². The Morgan fingerprint density at radius 2 is 2.04 bits per heavy atom. The number of ketones is 2. The molecule has 2 aliphatic carbocycles.